The normalized spacial score (nSPS) is 13.8. The van der Waals surface area contributed by atoms with Crippen molar-refractivity contribution in [2.24, 2.45) is 0 Å². The predicted octanol–water partition coefficient (Wildman–Crippen LogP) is 24.1. The van der Waals surface area contributed by atoms with Crippen molar-refractivity contribution in [3.63, 3.8) is 0 Å². The molecular weight excluding hydrogens is 1060 g/mol. The van der Waals surface area contributed by atoms with Crippen molar-refractivity contribution in [3.8, 4) is 22.3 Å². The first-order chi connectivity index (χ1) is 42.3. The van der Waals surface area contributed by atoms with Gasteiger partial charge < -0.3 is 9.80 Å². The van der Waals surface area contributed by atoms with Gasteiger partial charge in [0.25, 0.3) is 0 Å². The van der Waals surface area contributed by atoms with E-state index in [1.165, 1.54) is 188 Å². The SMILES string of the molecule is Cc1cc(C)cc(N(c2cc(C)cc(C)c2)c2ccc3c(c2)C(C)(C)c2cc(/C=C/c4ccc5c6cccc7c(/C=C/c8ccc9c(c8)C(C)(C)c8cc(N(c%10cc(C)cc(C)c%10)c%10cc(C)cc(C)c%10)ccc8-9)ccc(c8cccc4c85)c76)ccc2-3)c1. The first-order valence-corrected chi connectivity index (χ1v) is 31.4. The van der Waals surface area contributed by atoms with E-state index >= 15 is 0 Å². The van der Waals surface area contributed by atoms with E-state index in [0.717, 1.165) is 0 Å². The van der Waals surface area contributed by atoms with Crippen molar-refractivity contribution in [1.82, 2.24) is 0 Å². The summed E-state index contributed by atoms with van der Waals surface area (Å²) < 4.78 is 0. The van der Waals surface area contributed by atoms with E-state index in [1.807, 2.05) is 0 Å². The van der Waals surface area contributed by atoms with E-state index in [1.54, 1.807) is 0 Å². The predicted molar refractivity (Wildman–Crippen MR) is 381 cm³/mol. The van der Waals surface area contributed by atoms with Gasteiger partial charge in [0.05, 0.1) is 0 Å². The third kappa shape index (κ3) is 9.06. The van der Waals surface area contributed by atoms with Crippen molar-refractivity contribution in [2.45, 2.75) is 93.9 Å². The van der Waals surface area contributed by atoms with Crippen molar-refractivity contribution in [1.29, 1.82) is 0 Å². The molecule has 15 rings (SSSR count). The van der Waals surface area contributed by atoms with E-state index in [9.17, 15) is 0 Å². The van der Waals surface area contributed by atoms with Gasteiger partial charge in [0.2, 0.25) is 0 Å². The Morgan fingerprint density at radius 1 is 0.250 bits per heavy atom. The van der Waals surface area contributed by atoms with Crippen LogP contribution >= 0.6 is 0 Å². The van der Waals surface area contributed by atoms with E-state index in [-0.39, 0.29) is 10.8 Å². The Hall–Kier alpha value is -9.76. The van der Waals surface area contributed by atoms with Crippen molar-refractivity contribution in [2.75, 3.05) is 9.80 Å². The molecule has 0 bridgehead atoms. The fourth-order valence-corrected chi connectivity index (χ4v) is 15.6. The molecular formula is C86H74N2. The molecule has 0 unspecified atom stereocenters. The van der Waals surface area contributed by atoms with Gasteiger partial charge >= 0.3 is 0 Å². The van der Waals surface area contributed by atoms with Crippen molar-refractivity contribution in [3.05, 3.63) is 295 Å². The number of nitrogens with zero attached hydrogens (tertiary/aromatic N) is 2. The van der Waals surface area contributed by atoms with Gasteiger partial charge in [0, 0.05) is 45.0 Å². The van der Waals surface area contributed by atoms with Crippen molar-refractivity contribution >= 4 is 102 Å². The number of fused-ring (bicyclic) bond motifs is 8. The summed E-state index contributed by atoms with van der Waals surface area (Å²) in [6.45, 7) is 27.2. The third-order valence-electron chi connectivity index (χ3n) is 19.4. The van der Waals surface area contributed by atoms with Crippen LogP contribution in [-0.2, 0) is 10.8 Å². The Bertz CT molecular complexity index is 4610. The van der Waals surface area contributed by atoms with E-state index in [4.69, 9.17) is 0 Å². The Balaban J connectivity index is 0.726. The minimum Gasteiger partial charge on any atom is -0.310 e. The van der Waals surface area contributed by atoms with Gasteiger partial charge in [-0.15, -0.1) is 0 Å². The first kappa shape index (κ1) is 54.9. The van der Waals surface area contributed by atoms with Crippen LogP contribution in [0.2, 0.25) is 0 Å². The highest BCUT2D eigenvalue weighted by Crippen LogP contribution is 2.54. The molecule has 0 N–H and O–H groups in total. The molecule has 0 heterocycles. The Morgan fingerprint density at radius 2 is 0.534 bits per heavy atom. The maximum atomic E-state index is 2.45. The van der Waals surface area contributed by atoms with Crippen molar-refractivity contribution < 1.29 is 0 Å². The van der Waals surface area contributed by atoms with Gasteiger partial charge in [-0.3, -0.25) is 0 Å². The van der Waals surface area contributed by atoms with Crippen LogP contribution in [0, 0.1) is 55.4 Å². The molecule has 13 aromatic carbocycles. The zero-order valence-electron chi connectivity index (χ0n) is 52.8. The molecule has 0 saturated carbocycles. The van der Waals surface area contributed by atoms with E-state index in [2.05, 4.69) is 323 Å². The molecule has 0 fully saturated rings. The lowest BCUT2D eigenvalue weighted by Gasteiger charge is -2.29. The van der Waals surface area contributed by atoms with Crippen LogP contribution in [0.1, 0.15) is 117 Å². The Labute approximate surface area is 519 Å². The lowest BCUT2D eigenvalue weighted by atomic mass is 9.81. The van der Waals surface area contributed by atoms with Crippen LogP contribution in [0.15, 0.2) is 206 Å². The molecule has 0 atom stereocenters. The van der Waals surface area contributed by atoms with E-state index < -0.39 is 0 Å². The maximum Gasteiger partial charge on any atom is 0.0466 e. The highest BCUT2D eigenvalue weighted by atomic mass is 15.1. The summed E-state index contributed by atoms with van der Waals surface area (Å²) in [6, 6.07) is 79.1. The number of rotatable bonds is 10. The van der Waals surface area contributed by atoms with Crippen LogP contribution in [-0.4, -0.2) is 0 Å². The Morgan fingerprint density at radius 3 is 0.864 bits per heavy atom. The monoisotopic (exact) mass is 1130 g/mol. The second-order valence-electron chi connectivity index (χ2n) is 26.9. The Kier molecular flexibility index (Phi) is 12.7. The summed E-state index contributed by atoms with van der Waals surface area (Å²) in [5.74, 6) is 0. The molecule has 13 aromatic rings. The fourth-order valence-electron chi connectivity index (χ4n) is 15.6. The van der Waals surface area contributed by atoms with Gasteiger partial charge in [-0.1, -0.05) is 185 Å². The number of aryl methyl sites for hydroxylation is 8. The topological polar surface area (TPSA) is 6.48 Å². The molecule has 2 heteroatoms. The summed E-state index contributed by atoms with van der Waals surface area (Å²) in [4.78, 5) is 4.89. The van der Waals surface area contributed by atoms with Crippen LogP contribution in [0.5, 0.6) is 0 Å². The molecule has 0 saturated heterocycles. The lowest BCUT2D eigenvalue weighted by Crippen LogP contribution is -2.17. The summed E-state index contributed by atoms with van der Waals surface area (Å²) in [5, 5.41) is 10.4. The van der Waals surface area contributed by atoms with Crippen LogP contribution in [0.4, 0.5) is 34.1 Å². The molecule has 0 aliphatic heterocycles. The summed E-state index contributed by atoms with van der Waals surface area (Å²) >= 11 is 0. The molecule has 88 heavy (non-hydrogen) atoms. The largest absolute Gasteiger partial charge is 0.310 e. The van der Waals surface area contributed by atoms with Crippen LogP contribution in [0.3, 0.4) is 0 Å². The third-order valence-corrected chi connectivity index (χ3v) is 19.4. The summed E-state index contributed by atoms with van der Waals surface area (Å²) in [6.07, 6.45) is 9.30. The van der Waals surface area contributed by atoms with Gasteiger partial charge in [0.1, 0.15) is 0 Å². The number of anilines is 6. The van der Waals surface area contributed by atoms with Gasteiger partial charge in [-0.05, 0) is 283 Å². The van der Waals surface area contributed by atoms with Gasteiger partial charge in [0.15, 0.2) is 0 Å². The molecule has 2 aliphatic rings. The number of hydrogen-bond acceptors (Lipinski definition) is 2. The summed E-state index contributed by atoms with van der Waals surface area (Å²) in [5.41, 5.74) is 32.4. The molecule has 0 amide bonds. The zero-order valence-corrected chi connectivity index (χ0v) is 52.8. The highest BCUT2D eigenvalue weighted by Gasteiger charge is 2.38. The lowest BCUT2D eigenvalue weighted by molar-refractivity contribution is 0.660. The molecule has 0 spiro atoms. The molecule has 428 valence electrons. The molecule has 2 aliphatic carbocycles. The minimum absolute atomic E-state index is 0.197. The average molecular weight is 1140 g/mol. The maximum absolute atomic E-state index is 2.45. The van der Waals surface area contributed by atoms with Gasteiger partial charge in [-0.25, -0.2) is 0 Å². The van der Waals surface area contributed by atoms with Gasteiger partial charge in [-0.2, -0.15) is 0 Å². The summed E-state index contributed by atoms with van der Waals surface area (Å²) in [7, 11) is 0. The second kappa shape index (κ2) is 20.4. The average Bonchev–Trinajstić information content (AvgIpc) is 0.872. The highest BCUT2D eigenvalue weighted by molar-refractivity contribution is 6.34. The fraction of sp³-hybridized carbons (Fsp3) is 0.163. The van der Waals surface area contributed by atoms with Crippen LogP contribution < -0.4 is 9.80 Å². The molecule has 0 radical (unpaired) electrons. The quantitative estimate of drug-likeness (QED) is 0.0765. The number of benzene rings is 13. The smallest absolute Gasteiger partial charge is 0.0466 e. The van der Waals surface area contributed by atoms with E-state index in [0.29, 0.717) is 0 Å². The minimum atomic E-state index is -0.197. The van der Waals surface area contributed by atoms with Crippen LogP contribution in [0.25, 0.3) is 89.6 Å². The zero-order chi connectivity index (χ0) is 60.7. The molecule has 2 nitrogen and oxygen atoms in total. The number of hydrogen-bond donors (Lipinski definition) is 0. The standard InChI is InChI=1S/C86H74N2/c1-51-35-52(2)40-65(39-51)87(66-41-53(3)36-54(4)42-66)63-27-33-73-71-29-21-59(47-79(71)85(9,10)81(73)49-63)19-23-61-25-31-77-76-18-14-16-70-62(26-32-78(84(70)76)75-17-13-15-69(61)83(75)77)24-20-60-22-30-72-74-34-28-64(50-82(74)86(11,12)80(72)48-60)88(67-43-55(5)37-56(6)44-67)68-45-57(7)38-58(8)46-68/h13-50H,1-12H3/b23-19+,24-20+. The second-order valence-corrected chi connectivity index (χ2v) is 26.9. The molecule has 0 aromatic heterocycles. The first-order valence-electron chi connectivity index (χ1n) is 31.4.